The Hall–Kier alpha value is -1.30. The number of ether oxygens (including phenoxy) is 1. The zero-order valence-corrected chi connectivity index (χ0v) is 8.78. The van der Waals surface area contributed by atoms with Crippen molar-refractivity contribution >= 4 is 0 Å². The predicted octanol–water partition coefficient (Wildman–Crippen LogP) is 2.36. The van der Waals surface area contributed by atoms with E-state index in [1.165, 1.54) is 13.8 Å². The monoisotopic (exact) mass is 237 g/mol. The van der Waals surface area contributed by atoms with E-state index in [-0.39, 0.29) is 12.6 Å². The molecule has 2 N–H and O–H groups in total. The minimum atomic E-state index is -1.57. The predicted molar refractivity (Wildman–Crippen MR) is 50.0 cm³/mol. The summed E-state index contributed by atoms with van der Waals surface area (Å²) in [5.41, 5.74) is 4.15. The first-order valence-electron chi connectivity index (χ1n) is 4.50. The Morgan fingerprint density at radius 2 is 1.56 bits per heavy atom. The molecule has 0 saturated carbocycles. The Morgan fingerprint density at radius 1 is 1.12 bits per heavy atom. The van der Waals surface area contributed by atoms with E-state index in [0.717, 1.165) is 0 Å². The fraction of sp³-hybridized carbons (Fsp3) is 0.400. The third-order valence-corrected chi connectivity index (χ3v) is 1.94. The Balaban J connectivity index is 3.23. The first-order valence-corrected chi connectivity index (χ1v) is 4.50. The van der Waals surface area contributed by atoms with Crippen molar-refractivity contribution in [2.24, 2.45) is 5.73 Å². The van der Waals surface area contributed by atoms with Crippen LogP contribution in [-0.2, 0) is 0 Å². The van der Waals surface area contributed by atoms with E-state index in [2.05, 4.69) is 0 Å². The smallest absolute Gasteiger partial charge is 0.203 e. The van der Waals surface area contributed by atoms with Gasteiger partial charge >= 0.3 is 0 Å². The molecular formula is C10H11F4NO. The molecule has 0 bridgehead atoms. The molecule has 0 aliphatic rings. The highest BCUT2D eigenvalue weighted by Crippen LogP contribution is 2.29. The number of rotatable bonds is 3. The second kappa shape index (κ2) is 4.29. The molecule has 1 rings (SSSR count). The van der Waals surface area contributed by atoms with Crippen LogP contribution in [0.3, 0.4) is 0 Å². The standard InChI is InChI=1S/C10H11F4NO/c1-10(2,4-15)16-9-7(13)5(11)3-6(12)8(9)14/h3H,4,15H2,1-2H3. The van der Waals surface area contributed by atoms with Gasteiger partial charge in [0.25, 0.3) is 0 Å². The van der Waals surface area contributed by atoms with Gasteiger partial charge in [-0.2, -0.15) is 8.78 Å². The lowest BCUT2D eigenvalue weighted by Gasteiger charge is -2.25. The van der Waals surface area contributed by atoms with Gasteiger partial charge in [-0.3, -0.25) is 0 Å². The van der Waals surface area contributed by atoms with Crippen molar-refractivity contribution in [1.29, 1.82) is 0 Å². The van der Waals surface area contributed by atoms with Crippen LogP contribution in [0.2, 0.25) is 0 Å². The topological polar surface area (TPSA) is 35.2 Å². The molecule has 16 heavy (non-hydrogen) atoms. The minimum absolute atomic E-state index is 0.0655. The molecule has 0 aromatic heterocycles. The van der Waals surface area contributed by atoms with Crippen LogP contribution in [0.5, 0.6) is 5.75 Å². The second-order valence-electron chi connectivity index (χ2n) is 3.86. The van der Waals surface area contributed by atoms with Crippen LogP contribution in [0, 0.1) is 23.3 Å². The van der Waals surface area contributed by atoms with Gasteiger partial charge in [-0.1, -0.05) is 0 Å². The summed E-state index contributed by atoms with van der Waals surface area (Å²) in [5, 5.41) is 0. The summed E-state index contributed by atoms with van der Waals surface area (Å²) in [6.45, 7) is 2.81. The van der Waals surface area contributed by atoms with Crippen molar-refractivity contribution in [2.45, 2.75) is 19.4 Å². The Bertz CT molecular complexity index is 380. The van der Waals surface area contributed by atoms with Crippen LogP contribution in [0.4, 0.5) is 17.6 Å². The molecule has 6 heteroatoms. The van der Waals surface area contributed by atoms with Gasteiger partial charge in [-0.15, -0.1) is 0 Å². The number of hydrogen-bond donors (Lipinski definition) is 1. The van der Waals surface area contributed by atoms with Gasteiger partial charge in [0, 0.05) is 12.6 Å². The summed E-state index contributed by atoms with van der Waals surface area (Å²) < 4.78 is 56.8. The summed E-state index contributed by atoms with van der Waals surface area (Å²) in [4.78, 5) is 0. The average Bonchev–Trinajstić information content (AvgIpc) is 2.22. The Kier molecular flexibility index (Phi) is 3.42. The molecule has 2 nitrogen and oxygen atoms in total. The summed E-state index contributed by atoms with van der Waals surface area (Å²) in [6, 6.07) is 0.118. The van der Waals surface area contributed by atoms with Gasteiger partial charge in [0.1, 0.15) is 5.60 Å². The van der Waals surface area contributed by atoms with Gasteiger partial charge in [0.15, 0.2) is 17.4 Å². The summed E-state index contributed by atoms with van der Waals surface area (Å²) in [6.07, 6.45) is 0. The van der Waals surface area contributed by atoms with Crippen molar-refractivity contribution in [2.75, 3.05) is 6.54 Å². The van der Waals surface area contributed by atoms with Gasteiger partial charge in [0.2, 0.25) is 11.6 Å². The fourth-order valence-corrected chi connectivity index (χ4v) is 0.959. The molecule has 0 fully saturated rings. The molecule has 0 radical (unpaired) electrons. The van der Waals surface area contributed by atoms with E-state index in [4.69, 9.17) is 10.5 Å². The molecule has 0 heterocycles. The number of hydrogen-bond acceptors (Lipinski definition) is 2. The normalized spacial score (nSPS) is 11.7. The molecular weight excluding hydrogens is 226 g/mol. The van der Waals surface area contributed by atoms with E-state index in [1.54, 1.807) is 0 Å². The highest BCUT2D eigenvalue weighted by Gasteiger charge is 2.26. The molecule has 0 aliphatic carbocycles. The zero-order valence-electron chi connectivity index (χ0n) is 8.78. The lowest BCUT2D eigenvalue weighted by atomic mass is 10.1. The maximum Gasteiger partial charge on any atom is 0.203 e. The molecule has 0 spiro atoms. The number of nitrogens with two attached hydrogens (primary N) is 1. The average molecular weight is 237 g/mol. The summed E-state index contributed by atoms with van der Waals surface area (Å²) in [7, 11) is 0. The summed E-state index contributed by atoms with van der Waals surface area (Å²) in [5.74, 6) is -7.25. The van der Waals surface area contributed by atoms with Crippen molar-refractivity contribution in [3.05, 3.63) is 29.3 Å². The number of halogens is 4. The third kappa shape index (κ3) is 2.44. The van der Waals surface area contributed by atoms with E-state index in [1.807, 2.05) is 0 Å². The molecule has 1 aromatic rings. The van der Waals surface area contributed by atoms with Crippen molar-refractivity contribution in [3.8, 4) is 5.75 Å². The fourth-order valence-electron chi connectivity index (χ4n) is 0.959. The lowest BCUT2D eigenvalue weighted by Crippen LogP contribution is -2.37. The van der Waals surface area contributed by atoms with Crippen molar-refractivity contribution < 1.29 is 22.3 Å². The zero-order chi connectivity index (χ0) is 12.5. The van der Waals surface area contributed by atoms with E-state index in [9.17, 15) is 17.6 Å². The van der Waals surface area contributed by atoms with Crippen molar-refractivity contribution in [1.82, 2.24) is 0 Å². The van der Waals surface area contributed by atoms with E-state index in [0.29, 0.717) is 0 Å². The van der Waals surface area contributed by atoms with Gasteiger partial charge in [-0.25, -0.2) is 8.78 Å². The molecule has 0 unspecified atom stereocenters. The van der Waals surface area contributed by atoms with Gasteiger partial charge < -0.3 is 10.5 Å². The van der Waals surface area contributed by atoms with Crippen LogP contribution < -0.4 is 10.5 Å². The third-order valence-electron chi connectivity index (χ3n) is 1.94. The largest absolute Gasteiger partial charge is 0.480 e. The first kappa shape index (κ1) is 12.8. The maximum atomic E-state index is 13.2. The van der Waals surface area contributed by atoms with Gasteiger partial charge in [0.05, 0.1) is 0 Å². The second-order valence-corrected chi connectivity index (χ2v) is 3.86. The molecule has 90 valence electrons. The van der Waals surface area contributed by atoms with Crippen LogP contribution in [0.25, 0.3) is 0 Å². The van der Waals surface area contributed by atoms with Crippen LogP contribution in [0.15, 0.2) is 6.07 Å². The lowest BCUT2D eigenvalue weighted by molar-refractivity contribution is 0.103. The molecule has 0 atom stereocenters. The maximum absolute atomic E-state index is 13.2. The number of benzene rings is 1. The van der Waals surface area contributed by atoms with Crippen LogP contribution >= 0.6 is 0 Å². The molecule has 0 amide bonds. The first-order chi connectivity index (χ1) is 7.28. The van der Waals surface area contributed by atoms with Gasteiger partial charge in [-0.05, 0) is 13.8 Å². The Labute approximate surface area is 90.0 Å². The summed E-state index contributed by atoms with van der Waals surface area (Å²) >= 11 is 0. The van der Waals surface area contributed by atoms with Crippen molar-refractivity contribution in [3.63, 3.8) is 0 Å². The quantitative estimate of drug-likeness (QED) is 0.647. The minimum Gasteiger partial charge on any atom is -0.480 e. The Morgan fingerprint density at radius 3 is 1.94 bits per heavy atom. The van der Waals surface area contributed by atoms with Crippen LogP contribution in [0.1, 0.15) is 13.8 Å². The SMILES string of the molecule is CC(C)(CN)Oc1c(F)c(F)cc(F)c1F. The highest BCUT2D eigenvalue weighted by molar-refractivity contribution is 5.29. The molecule has 0 saturated heterocycles. The highest BCUT2D eigenvalue weighted by atomic mass is 19.2. The van der Waals surface area contributed by atoms with Crippen LogP contribution in [-0.4, -0.2) is 12.1 Å². The van der Waals surface area contributed by atoms with E-state index >= 15 is 0 Å². The van der Waals surface area contributed by atoms with E-state index < -0.39 is 34.6 Å². The molecule has 0 aliphatic heterocycles. The molecule has 1 aromatic carbocycles.